The third kappa shape index (κ3) is 3.31. The van der Waals surface area contributed by atoms with E-state index in [1.807, 2.05) is 0 Å². The number of nitrogens with zero attached hydrogens (tertiary/aromatic N) is 3. The fourth-order valence-electron chi connectivity index (χ4n) is 1.81. The molecule has 3 rings (SSSR count). The molecule has 0 spiro atoms. The standard InChI is InChI=1S/C13H9F2N5O2S/c14-7-2-1-6(8(15)4-7)3-10(21)18-13-17-9(5-23-13)11-12(16)20-22-19-11/h1-2,4-5H,3H2,(H2,16,20)(H,17,18,21). The van der Waals surface area contributed by atoms with E-state index < -0.39 is 17.5 Å². The highest BCUT2D eigenvalue weighted by Crippen LogP contribution is 2.26. The molecule has 1 aromatic carbocycles. The predicted molar refractivity (Wildman–Crippen MR) is 78.5 cm³/mol. The predicted octanol–water partition coefficient (Wildman–Crippen LogP) is 2.23. The third-order valence-electron chi connectivity index (χ3n) is 2.87. The van der Waals surface area contributed by atoms with Crippen molar-refractivity contribution in [2.45, 2.75) is 6.42 Å². The lowest BCUT2D eigenvalue weighted by Crippen LogP contribution is -2.15. The molecule has 0 aliphatic heterocycles. The van der Waals surface area contributed by atoms with Gasteiger partial charge in [0.1, 0.15) is 17.3 Å². The van der Waals surface area contributed by atoms with Gasteiger partial charge in [-0.05, 0) is 21.9 Å². The molecule has 0 aliphatic carbocycles. The van der Waals surface area contributed by atoms with Crippen LogP contribution in [0.4, 0.5) is 19.7 Å². The van der Waals surface area contributed by atoms with Crippen molar-refractivity contribution in [2.75, 3.05) is 11.1 Å². The molecule has 0 saturated heterocycles. The largest absolute Gasteiger partial charge is 0.379 e. The number of amides is 1. The average molecular weight is 337 g/mol. The van der Waals surface area contributed by atoms with Crippen molar-refractivity contribution < 1.29 is 18.2 Å². The first kappa shape index (κ1) is 15.0. The monoisotopic (exact) mass is 337 g/mol. The second-order valence-electron chi connectivity index (χ2n) is 4.50. The van der Waals surface area contributed by atoms with E-state index in [4.69, 9.17) is 5.73 Å². The number of hydrogen-bond donors (Lipinski definition) is 2. The molecule has 2 heterocycles. The molecule has 1 amide bonds. The quantitative estimate of drug-likeness (QED) is 0.756. The molecular formula is C13H9F2N5O2S. The van der Waals surface area contributed by atoms with Crippen molar-refractivity contribution in [1.29, 1.82) is 0 Å². The molecule has 10 heteroatoms. The van der Waals surface area contributed by atoms with Crippen LogP contribution in [0.2, 0.25) is 0 Å². The van der Waals surface area contributed by atoms with E-state index in [-0.39, 0.29) is 28.6 Å². The van der Waals surface area contributed by atoms with Gasteiger partial charge in [0.2, 0.25) is 5.91 Å². The summed E-state index contributed by atoms with van der Waals surface area (Å²) in [6.07, 6.45) is -0.241. The van der Waals surface area contributed by atoms with Crippen LogP contribution in [-0.4, -0.2) is 21.2 Å². The molecule has 0 aliphatic rings. The Kier molecular flexibility index (Phi) is 3.98. The van der Waals surface area contributed by atoms with Crippen molar-refractivity contribution in [2.24, 2.45) is 0 Å². The van der Waals surface area contributed by atoms with Gasteiger partial charge < -0.3 is 11.1 Å². The van der Waals surface area contributed by atoms with E-state index >= 15 is 0 Å². The maximum absolute atomic E-state index is 13.5. The Hall–Kier alpha value is -2.88. The summed E-state index contributed by atoms with van der Waals surface area (Å²) in [4.78, 5) is 16.0. The van der Waals surface area contributed by atoms with Gasteiger partial charge in [-0.3, -0.25) is 4.79 Å². The lowest BCUT2D eigenvalue weighted by atomic mass is 10.1. The maximum Gasteiger partial charge on any atom is 0.230 e. The van der Waals surface area contributed by atoms with Crippen LogP contribution in [-0.2, 0) is 11.2 Å². The topological polar surface area (TPSA) is 107 Å². The third-order valence-corrected chi connectivity index (χ3v) is 3.63. The number of aromatic nitrogens is 3. The van der Waals surface area contributed by atoms with E-state index in [0.717, 1.165) is 23.5 Å². The Morgan fingerprint density at radius 1 is 1.35 bits per heavy atom. The van der Waals surface area contributed by atoms with E-state index in [1.165, 1.54) is 6.07 Å². The summed E-state index contributed by atoms with van der Waals surface area (Å²) >= 11 is 1.14. The number of carbonyl (C=O) groups is 1. The van der Waals surface area contributed by atoms with Gasteiger partial charge in [-0.2, -0.15) is 0 Å². The van der Waals surface area contributed by atoms with Crippen molar-refractivity contribution in [3.63, 3.8) is 0 Å². The summed E-state index contributed by atoms with van der Waals surface area (Å²) in [6.45, 7) is 0. The SMILES string of the molecule is Nc1nonc1-c1csc(NC(=O)Cc2ccc(F)cc2F)n1. The summed E-state index contributed by atoms with van der Waals surface area (Å²) in [5.74, 6) is -1.87. The van der Waals surface area contributed by atoms with Crippen molar-refractivity contribution >= 4 is 28.2 Å². The highest BCUT2D eigenvalue weighted by molar-refractivity contribution is 7.14. The first-order valence-corrected chi connectivity index (χ1v) is 7.18. The number of nitrogens with two attached hydrogens (primary N) is 1. The van der Waals surface area contributed by atoms with Gasteiger partial charge in [-0.25, -0.2) is 18.4 Å². The number of hydrogen-bond acceptors (Lipinski definition) is 7. The highest BCUT2D eigenvalue weighted by atomic mass is 32.1. The number of nitrogen functional groups attached to an aromatic ring is 1. The molecule has 2 aromatic heterocycles. The van der Waals surface area contributed by atoms with Crippen LogP contribution in [0, 0.1) is 11.6 Å². The second kappa shape index (κ2) is 6.08. The average Bonchev–Trinajstić information content (AvgIpc) is 3.10. The fourth-order valence-corrected chi connectivity index (χ4v) is 2.53. The molecule has 0 unspecified atom stereocenters. The molecule has 0 fully saturated rings. The zero-order chi connectivity index (χ0) is 16.4. The van der Waals surface area contributed by atoms with Crippen LogP contribution in [0.5, 0.6) is 0 Å². The summed E-state index contributed by atoms with van der Waals surface area (Å²) in [6, 6.07) is 3.04. The summed E-state index contributed by atoms with van der Waals surface area (Å²) in [7, 11) is 0. The van der Waals surface area contributed by atoms with Crippen LogP contribution >= 0.6 is 11.3 Å². The Labute approximate surface area is 132 Å². The Morgan fingerprint density at radius 3 is 2.87 bits per heavy atom. The molecule has 0 atom stereocenters. The molecule has 7 nitrogen and oxygen atoms in total. The second-order valence-corrected chi connectivity index (χ2v) is 5.35. The van der Waals surface area contributed by atoms with Gasteiger partial charge in [0, 0.05) is 11.4 Å². The van der Waals surface area contributed by atoms with E-state index in [1.54, 1.807) is 5.38 Å². The Bertz CT molecular complexity index is 864. The zero-order valence-electron chi connectivity index (χ0n) is 11.4. The van der Waals surface area contributed by atoms with Gasteiger partial charge in [-0.15, -0.1) is 11.3 Å². The number of rotatable bonds is 4. The first-order valence-electron chi connectivity index (χ1n) is 6.30. The van der Waals surface area contributed by atoms with Crippen LogP contribution in [0.15, 0.2) is 28.2 Å². The summed E-state index contributed by atoms with van der Waals surface area (Å²) in [5.41, 5.74) is 6.31. The molecule has 0 radical (unpaired) electrons. The zero-order valence-corrected chi connectivity index (χ0v) is 12.2. The molecule has 0 saturated carbocycles. The van der Waals surface area contributed by atoms with Crippen LogP contribution in [0.25, 0.3) is 11.4 Å². The molecule has 3 aromatic rings. The molecule has 23 heavy (non-hydrogen) atoms. The maximum atomic E-state index is 13.5. The number of nitrogens with one attached hydrogen (secondary N) is 1. The first-order chi connectivity index (χ1) is 11.0. The highest BCUT2D eigenvalue weighted by Gasteiger charge is 2.15. The molecule has 3 N–H and O–H groups in total. The lowest BCUT2D eigenvalue weighted by Gasteiger charge is -2.03. The Morgan fingerprint density at radius 2 is 2.17 bits per heavy atom. The van der Waals surface area contributed by atoms with E-state index in [0.29, 0.717) is 5.69 Å². The van der Waals surface area contributed by atoms with Gasteiger partial charge in [-0.1, -0.05) is 6.07 Å². The van der Waals surface area contributed by atoms with Gasteiger partial charge >= 0.3 is 0 Å². The van der Waals surface area contributed by atoms with Crippen LogP contribution in [0.1, 0.15) is 5.56 Å². The molecule has 0 bridgehead atoms. The van der Waals surface area contributed by atoms with Crippen LogP contribution < -0.4 is 11.1 Å². The lowest BCUT2D eigenvalue weighted by molar-refractivity contribution is -0.115. The van der Waals surface area contributed by atoms with Crippen molar-refractivity contribution in [3.05, 3.63) is 40.8 Å². The number of benzene rings is 1. The number of anilines is 2. The van der Waals surface area contributed by atoms with Gasteiger partial charge in [0.05, 0.1) is 6.42 Å². The molecular weight excluding hydrogens is 328 g/mol. The minimum Gasteiger partial charge on any atom is -0.379 e. The smallest absolute Gasteiger partial charge is 0.230 e. The summed E-state index contributed by atoms with van der Waals surface area (Å²) < 4.78 is 30.8. The minimum atomic E-state index is -0.776. The van der Waals surface area contributed by atoms with Crippen LogP contribution in [0.3, 0.4) is 0 Å². The van der Waals surface area contributed by atoms with E-state index in [2.05, 4.69) is 25.2 Å². The number of halogens is 2. The number of thiazole rings is 1. The molecule has 118 valence electrons. The van der Waals surface area contributed by atoms with Gasteiger partial charge in [0.15, 0.2) is 16.6 Å². The van der Waals surface area contributed by atoms with Crippen molar-refractivity contribution in [1.82, 2.24) is 15.3 Å². The van der Waals surface area contributed by atoms with Gasteiger partial charge in [0.25, 0.3) is 0 Å². The van der Waals surface area contributed by atoms with Crippen molar-refractivity contribution in [3.8, 4) is 11.4 Å². The minimum absolute atomic E-state index is 0.0848. The Balaban J connectivity index is 1.69. The van der Waals surface area contributed by atoms with E-state index in [9.17, 15) is 13.6 Å². The summed E-state index contributed by atoms with van der Waals surface area (Å²) in [5, 5.41) is 11.5. The fraction of sp³-hybridized carbons (Fsp3) is 0.0769. The number of carbonyl (C=O) groups excluding carboxylic acids is 1. The normalized spacial score (nSPS) is 10.7.